The average molecular weight is 593 g/mol. The minimum absolute atomic E-state index is 0.0403. The standard InChI is InChI=1S/C31H30ClFN4O3S/c1-4-19(2)34-26(38)17-36-27(39)18-41-30(21-7-11-23(33)12-8-21)28-29(20-5-9-22(32)10-6-20)35-37(31(28)36)24-13-15-25(40-3)16-14-24/h5-16,19,30H,4,17-18H2,1-3H3,(H,34,38)/t19-,30-/m1/s1. The predicted octanol–water partition coefficient (Wildman–Crippen LogP) is 6.42. The van der Waals surface area contributed by atoms with E-state index < -0.39 is 0 Å². The molecule has 10 heteroatoms. The third-order valence-electron chi connectivity index (χ3n) is 7.02. The molecule has 0 unspecified atom stereocenters. The fourth-order valence-corrected chi connectivity index (χ4v) is 6.03. The summed E-state index contributed by atoms with van der Waals surface area (Å²) in [5.74, 6) is 0.445. The summed E-state index contributed by atoms with van der Waals surface area (Å²) in [5, 5.41) is 8.23. The van der Waals surface area contributed by atoms with Crippen molar-refractivity contribution in [2.45, 2.75) is 31.6 Å². The molecule has 2 amide bonds. The second kappa shape index (κ2) is 12.4. The Balaban J connectivity index is 1.77. The smallest absolute Gasteiger partial charge is 0.240 e. The third-order valence-corrected chi connectivity index (χ3v) is 8.52. The van der Waals surface area contributed by atoms with Gasteiger partial charge >= 0.3 is 0 Å². The summed E-state index contributed by atoms with van der Waals surface area (Å²) in [4.78, 5) is 28.4. The van der Waals surface area contributed by atoms with Crippen LogP contribution in [0.4, 0.5) is 10.2 Å². The first-order valence-electron chi connectivity index (χ1n) is 13.3. The van der Waals surface area contributed by atoms with Crippen LogP contribution in [0.3, 0.4) is 0 Å². The number of rotatable bonds is 8. The van der Waals surface area contributed by atoms with Crippen LogP contribution in [0.2, 0.25) is 5.02 Å². The van der Waals surface area contributed by atoms with E-state index in [-0.39, 0.29) is 41.2 Å². The van der Waals surface area contributed by atoms with Gasteiger partial charge in [0.25, 0.3) is 0 Å². The molecule has 0 saturated heterocycles. The zero-order chi connectivity index (χ0) is 29.1. The van der Waals surface area contributed by atoms with Crippen LogP contribution in [0.1, 0.15) is 36.6 Å². The van der Waals surface area contributed by atoms with Gasteiger partial charge in [-0.3, -0.25) is 14.5 Å². The van der Waals surface area contributed by atoms with Crippen molar-refractivity contribution in [1.82, 2.24) is 15.1 Å². The minimum atomic E-state index is -0.366. The largest absolute Gasteiger partial charge is 0.497 e. The molecule has 212 valence electrons. The van der Waals surface area contributed by atoms with E-state index in [1.807, 2.05) is 50.2 Å². The Labute approximate surface area is 247 Å². The molecule has 41 heavy (non-hydrogen) atoms. The lowest BCUT2D eigenvalue weighted by Crippen LogP contribution is -2.44. The van der Waals surface area contributed by atoms with E-state index in [0.29, 0.717) is 28.0 Å². The van der Waals surface area contributed by atoms with Crippen LogP contribution in [-0.4, -0.2) is 47.0 Å². The van der Waals surface area contributed by atoms with Crippen molar-refractivity contribution < 1.29 is 18.7 Å². The van der Waals surface area contributed by atoms with Gasteiger partial charge in [-0.15, -0.1) is 11.8 Å². The predicted molar refractivity (Wildman–Crippen MR) is 162 cm³/mol. The summed E-state index contributed by atoms with van der Waals surface area (Å²) >= 11 is 7.64. The highest BCUT2D eigenvalue weighted by atomic mass is 35.5. The van der Waals surface area contributed by atoms with Crippen molar-refractivity contribution in [3.63, 3.8) is 0 Å². The van der Waals surface area contributed by atoms with Gasteiger partial charge in [0.15, 0.2) is 0 Å². The average Bonchev–Trinajstić information content (AvgIpc) is 3.30. The molecule has 0 aliphatic carbocycles. The number of hydrogen-bond acceptors (Lipinski definition) is 5. The molecule has 1 aliphatic rings. The number of fused-ring (bicyclic) bond motifs is 1. The van der Waals surface area contributed by atoms with E-state index in [2.05, 4.69) is 5.32 Å². The summed E-state index contributed by atoms with van der Waals surface area (Å²) in [7, 11) is 1.59. The van der Waals surface area contributed by atoms with Crippen LogP contribution in [0.25, 0.3) is 16.9 Å². The van der Waals surface area contributed by atoms with Gasteiger partial charge in [0.05, 0.1) is 29.5 Å². The topological polar surface area (TPSA) is 76.5 Å². The number of carbonyl (C=O) groups excluding carboxylic acids is 2. The lowest BCUT2D eigenvalue weighted by Gasteiger charge is -2.24. The normalized spacial score (nSPS) is 15.7. The summed E-state index contributed by atoms with van der Waals surface area (Å²) in [5.41, 5.74) is 3.69. The Bertz CT molecular complexity index is 1540. The van der Waals surface area contributed by atoms with Crippen molar-refractivity contribution in [2.75, 3.05) is 24.3 Å². The van der Waals surface area contributed by atoms with Gasteiger partial charge in [0.1, 0.15) is 23.9 Å². The van der Waals surface area contributed by atoms with E-state index in [1.54, 1.807) is 36.1 Å². The number of halogens is 2. The van der Waals surface area contributed by atoms with Crippen LogP contribution in [0, 0.1) is 5.82 Å². The first-order valence-corrected chi connectivity index (χ1v) is 14.7. The summed E-state index contributed by atoms with van der Waals surface area (Å²) < 4.78 is 21.0. The van der Waals surface area contributed by atoms with E-state index in [4.69, 9.17) is 21.4 Å². The fourth-order valence-electron chi connectivity index (χ4n) is 4.71. The fraction of sp³-hybridized carbons (Fsp3) is 0.258. The Morgan fingerprint density at radius 1 is 1.12 bits per heavy atom. The number of amides is 2. The van der Waals surface area contributed by atoms with E-state index in [1.165, 1.54) is 28.8 Å². The number of hydrogen-bond donors (Lipinski definition) is 1. The van der Waals surface area contributed by atoms with Crippen LogP contribution in [0.5, 0.6) is 5.75 Å². The van der Waals surface area contributed by atoms with Gasteiger partial charge in [-0.1, -0.05) is 42.8 Å². The monoisotopic (exact) mass is 592 g/mol. The molecular weight excluding hydrogens is 563 g/mol. The molecule has 4 aromatic rings. The van der Waals surface area contributed by atoms with Gasteiger partial charge < -0.3 is 10.1 Å². The molecule has 0 fully saturated rings. The lowest BCUT2D eigenvalue weighted by atomic mass is 9.99. The zero-order valence-electron chi connectivity index (χ0n) is 22.9. The second-order valence-corrected chi connectivity index (χ2v) is 11.3. The van der Waals surface area contributed by atoms with E-state index >= 15 is 0 Å². The Morgan fingerprint density at radius 3 is 2.44 bits per heavy atom. The number of ether oxygens (including phenoxy) is 1. The van der Waals surface area contributed by atoms with Crippen molar-refractivity contribution in [3.05, 3.63) is 94.8 Å². The maximum absolute atomic E-state index is 13.9. The Kier molecular flexibility index (Phi) is 8.65. The molecule has 5 rings (SSSR count). The molecule has 2 atom stereocenters. The van der Waals surface area contributed by atoms with Gasteiger partial charge in [-0.05, 0) is 67.4 Å². The number of thioether (sulfide) groups is 1. The number of nitrogens with one attached hydrogen (secondary N) is 1. The molecule has 2 heterocycles. The van der Waals surface area contributed by atoms with Crippen molar-refractivity contribution in [1.29, 1.82) is 0 Å². The molecule has 0 saturated carbocycles. The number of anilines is 1. The highest BCUT2D eigenvalue weighted by Crippen LogP contribution is 2.48. The molecule has 0 spiro atoms. The van der Waals surface area contributed by atoms with Crippen molar-refractivity contribution >= 4 is 41.0 Å². The molecule has 3 aromatic carbocycles. The summed E-state index contributed by atoms with van der Waals surface area (Å²) in [6.07, 6.45) is 0.762. The quantitative estimate of drug-likeness (QED) is 0.255. The van der Waals surface area contributed by atoms with E-state index in [9.17, 15) is 14.0 Å². The maximum atomic E-state index is 13.9. The minimum Gasteiger partial charge on any atom is -0.497 e. The SMILES string of the molecule is CC[C@@H](C)NC(=O)CN1C(=O)CS[C@H](c2ccc(F)cc2)c2c(-c3ccc(Cl)cc3)nn(-c3ccc(OC)cc3)c21. The van der Waals surface area contributed by atoms with E-state index in [0.717, 1.165) is 23.1 Å². The van der Waals surface area contributed by atoms with Crippen molar-refractivity contribution in [3.8, 4) is 22.7 Å². The lowest BCUT2D eigenvalue weighted by molar-refractivity contribution is -0.123. The highest BCUT2D eigenvalue weighted by molar-refractivity contribution is 8.00. The van der Waals surface area contributed by atoms with Crippen LogP contribution in [0.15, 0.2) is 72.8 Å². The number of carbonyl (C=O) groups is 2. The van der Waals surface area contributed by atoms with Crippen LogP contribution >= 0.6 is 23.4 Å². The molecule has 1 aromatic heterocycles. The maximum Gasteiger partial charge on any atom is 0.240 e. The summed E-state index contributed by atoms with van der Waals surface area (Å²) in [6.45, 7) is 3.74. The number of benzene rings is 3. The first-order chi connectivity index (χ1) is 19.8. The highest BCUT2D eigenvalue weighted by Gasteiger charge is 2.37. The van der Waals surface area contributed by atoms with Gasteiger partial charge in [0, 0.05) is 22.2 Å². The van der Waals surface area contributed by atoms with Gasteiger partial charge in [-0.2, -0.15) is 5.10 Å². The number of aromatic nitrogens is 2. The molecule has 0 radical (unpaired) electrons. The molecular formula is C31H30ClFN4O3S. The van der Waals surface area contributed by atoms with Gasteiger partial charge in [0.2, 0.25) is 11.8 Å². The molecule has 1 N–H and O–H groups in total. The van der Waals surface area contributed by atoms with Crippen molar-refractivity contribution in [2.24, 2.45) is 0 Å². The molecule has 1 aliphatic heterocycles. The molecule has 0 bridgehead atoms. The first kappa shape index (κ1) is 28.7. The zero-order valence-corrected chi connectivity index (χ0v) is 24.5. The third kappa shape index (κ3) is 6.11. The Hall–Kier alpha value is -3.82. The number of methoxy groups -OCH3 is 1. The molecule has 7 nitrogen and oxygen atoms in total. The summed E-state index contributed by atoms with van der Waals surface area (Å²) in [6, 6.07) is 20.9. The second-order valence-electron chi connectivity index (χ2n) is 9.80. The van der Waals surface area contributed by atoms with Crippen LogP contribution in [-0.2, 0) is 9.59 Å². The Morgan fingerprint density at radius 2 is 1.80 bits per heavy atom. The number of nitrogens with zero attached hydrogens (tertiary/aromatic N) is 3. The van der Waals surface area contributed by atoms with Gasteiger partial charge in [-0.25, -0.2) is 9.07 Å². The van der Waals surface area contributed by atoms with Crippen LogP contribution < -0.4 is 15.0 Å².